The third kappa shape index (κ3) is 7.61. The Morgan fingerprint density at radius 2 is 1.90 bits per heavy atom. The van der Waals surface area contributed by atoms with Gasteiger partial charge >= 0.3 is 0 Å². The van der Waals surface area contributed by atoms with Crippen LogP contribution in [0.25, 0.3) is 0 Å². The highest BCUT2D eigenvalue weighted by Gasteiger charge is 2.27. The molecule has 12 heteroatoms. The van der Waals surface area contributed by atoms with Gasteiger partial charge in [-0.05, 0) is 96.8 Å². The molecule has 4 N–H and O–H groups in total. The molecule has 3 rings (SSSR count). The maximum absolute atomic E-state index is 12.6. The number of halogens is 1. The number of benzene rings is 1. The summed E-state index contributed by atoms with van der Waals surface area (Å²) in [6.07, 6.45) is 4.97. The van der Waals surface area contributed by atoms with Gasteiger partial charge in [-0.1, -0.05) is 11.6 Å². The Balaban J connectivity index is 1.93. The molecule has 1 aromatic carbocycles. The van der Waals surface area contributed by atoms with Crippen LogP contribution in [0.4, 0.5) is 17.5 Å². The van der Waals surface area contributed by atoms with E-state index in [4.69, 9.17) is 21.7 Å². The summed E-state index contributed by atoms with van der Waals surface area (Å²) in [4.78, 5) is 11.2. The third-order valence-corrected chi connectivity index (χ3v) is 8.88. The summed E-state index contributed by atoms with van der Waals surface area (Å²) in [5, 5.41) is 16.0. The predicted octanol–water partition coefficient (Wildman–Crippen LogP) is 5.05. The molecule has 0 radical (unpaired) electrons. The molecule has 0 aliphatic carbocycles. The predicted molar refractivity (Wildman–Crippen MR) is 159 cm³/mol. The zero-order valence-electron chi connectivity index (χ0n) is 23.7. The van der Waals surface area contributed by atoms with E-state index >= 15 is 0 Å². The molecule has 0 bridgehead atoms. The van der Waals surface area contributed by atoms with Gasteiger partial charge in [-0.3, -0.25) is 5.41 Å². The molecule has 0 saturated carbocycles. The van der Waals surface area contributed by atoms with Gasteiger partial charge in [0, 0.05) is 13.2 Å². The van der Waals surface area contributed by atoms with Crippen LogP contribution in [-0.2, 0) is 9.84 Å². The number of piperidine rings is 1. The first-order valence-electron chi connectivity index (χ1n) is 13.1. The van der Waals surface area contributed by atoms with Crippen LogP contribution in [0.3, 0.4) is 0 Å². The number of aromatic nitrogens is 2. The van der Waals surface area contributed by atoms with E-state index in [0.717, 1.165) is 31.5 Å². The van der Waals surface area contributed by atoms with Crippen molar-refractivity contribution in [1.82, 2.24) is 20.2 Å². The van der Waals surface area contributed by atoms with E-state index in [0.29, 0.717) is 17.4 Å². The van der Waals surface area contributed by atoms with E-state index in [-0.39, 0.29) is 28.6 Å². The van der Waals surface area contributed by atoms with E-state index < -0.39 is 20.1 Å². The molecule has 1 aliphatic heterocycles. The standard InChI is InChI=1S/C27H40ClN7O3S/c1-16(2)38-24-13-20(19-8-10-35(7)11-9-19)18(5)12-22(24)33-27-31-14-21(28)26(34-27)32-23(15-30-6)25(29)39(36,37)17(3)4/h12-17,19,29-30H,8-11H2,1-7H3,(H2,31,32,33,34)/b23-15+,29-25?. The lowest BCUT2D eigenvalue weighted by Gasteiger charge is -2.30. The van der Waals surface area contributed by atoms with Gasteiger partial charge in [0.1, 0.15) is 10.8 Å². The van der Waals surface area contributed by atoms with Crippen LogP contribution in [0.1, 0.15) is 57.6 Å². The molecular formula is C27H40ClN7O3S. The smallest absolute Gasteiger partial charge is 0.229 e. The van der Waals surface area contributed by atoms with Crippen molar-refractivity contribution in [2.75, 3.05) is 37.8 Å². The number of likely N-dealkylation sites (tertiary alicyclic amines) is 1. The minimum Gasteiger partial charge on any atom is -0.489 e. The summed E-state index contributed by atoms with van der Waals surface area (Å²) >= 11 is 6.36. The van der Waals surface area contributed by atoms with Gasteiger partial charge in [-0.25, -0.2) is 13.4 Å². The highest BCUT2D eigenvalue weighted by molar-refractivity contribution is 8.07. The molecule has 0 atom stereocenters. The van der Waals surface area contributed by atoms with Crippen molar-refractivity contribution >= 4 is 43.9 Å². The minimum atomic E-state index is -3.84. The topological polar surface area (TPSA) is 132 Å². The summed E-state index contributed by atoms with van der Waals surface area (Å²) in [6, 6.07) is 4.17. The highest BCUT2D eigenvalue weighted by Crippen LogP contribution is 2.38. The van der Waals surface area contributed by atoms with Crippen molar-refractivity contribution in [3.8, 4) is 5.75 Å². The molecule has 2 aromatic rings. The first-order valence-corrected chi connectivity index (χ1v) is 15.0. The van der Waals surface area contributed by atoms with E-state index in [2.05, 4.69) is 50.9 Å². The number of rotatable bonds is 10. The monoisotopic (exact) mass is 577 g/mol. The second kappa shape index (κ2) is 13.0. The van der Waals surface area contributed by atoms with E-state index in [1.807, 2.05) is 19.9 Å². The van der Waals surface area contributed by atoms with Gasteiger partial charge in [-0.2, -0.15) is 4.98 Å². The Bertz CT molecular complexity index is 1320. The number of ether oxygens (including phenoxy) is 1. The second-order valence-electron chi connectivity index (χ2n) is 10.4. The molecule has 1 aromatic heterocycles. The molecule has 1 fully saturated rings. The van der Waals surface area contributed by atoms with Crippen molar-refractivity contribution in [1.29, 1.82) is 5.41 Å². The summed E-state index contributed by atoms with van der Waals surface area (Å²) in [5.74, 6) is 1.58. The van der Waals surface area contributed by atoms with Gasteiger partial charge in [0.25, 0.3) is 0 Å². The SMILES string of the molecule is CN/C=C(/Nc1nc(Nc2cc(C)c(C3CCN(C)CC3)cc2OC(C)C)ncc1Cl)C(=N)S(=O)(=O)C(C)C. The molecule has 0 unspecified atom stereocenters. The number of nitrogens with one attached hydrogen (secondary N) is 4. The van der Waals surface area contributed by atoms with Crippen LogP contribution in [-0.4, -0.2) is 66.9 Å². The third-order valence-electron chi connectivity index (χ3n) is 6.57. The molecular weight excluding hydrogens is 538 g/mol. The second-order valence-corrected chi connectivity index (χ2v) is 13.2. The van der Waals surface area contributed by atoms with Crippen LogP contribution in [0.15, 0.2) is 30.2 Å². The number of hydrogen-bond donors (Lipinski definition) is 4. The summed E-state index contributed by atoms with van der Waals surface area (Å²) in [5.41, 5.74) is 3.17. The van der Waals surface area contributed by atoms with Gasteiger partial charge < -0.3 is 25.6 Å². The van der Waals surface area contributed by atoms with Crippen LogP contribution in [0.2, 0.25) is 5.02 Å². The van der Waals surface area contributed by atoms with Crippen molar-refractivity contribution in [3.63, 3.8) is 0 Å². The first-order chi connectivity index (χ1) is 18.3. The summed E-state index contributed by atoms with van der Waals surface area (Å²) in [7, 11) is -0.0718. The first kappa shape index (κ1) is 30.6. The molecule has 0 amide bonds. The minimum absolute atomic E-state index is 0.0138. The fraction of sp³-hybridized carbons (Fsp3) is 0.519. The normalized spacial score (nSPS) is 15.5. The largest absolute Gasteiger partial charge is 0.489 e. The zero-order valence-corrected chi connectivity index (χ0v) is 25.3. The van der Waals surface area contributed by atoms with E-state index in [9.17, 15) is 8.42 Å². The fourth-order valence-corrected chi connectivity index (χ4v) is 5.39. The number of aryl methyl sites for hydroxylation is 1. The molecule has 0 spiro atoms. The fourth-order valence-electron chi connectivity index (χ4n) is 4.37. The molecule has 1 aliphatic rings. The van der Waals surface area contributed by atoms with E-state index in [1.54, 1.807) is 7.05 Å². The Morgan fingerprint density at radius 3 is 2.49 bits per heavy atom. The molecule has 39 heavy (non-hydrogen) atoms. The zero-order chi connectivity index (χ0) is 28.9. The van der Waals surface area contributed by atoms with Gasteiger partial charge in [-0.15, -0.1) is 0 Å². The Labute approximate surface area is 237 Å². The van der Waals surface area contributed by atoms with Crippen LogP contribution >= 0.6 is 11.6 Å². The average Bonchev–Trinajstić information content (AvgIpc) is 2.87. The molecule has 10 nitrogen and oxygen atoms in total. The molecule has 214 valence electrons. The molecule has 2 heterocycles. The highest BCUT2D eigenvalue weighted by atomic mass is 35.5. The van der Waals surface area contributed by atoms with Crippen molar-refractivity contribution in [2.24, 2.45) is 0 Å². The summed E-state index contributed by atoms with van der Waals surface area (Å²) in [6.45, 7) is 11.3. The quantitative estimate of drug-likeness (QED) is 0.226. The van der Waals surface area contributed by atoms with E-state index in [1.165, 1.54) is 31.8 Å². The Hall–Kier alpha value is -2.89. The maximum Gasteiger partial charge on any atom is 0.229 e. The number of sulfone groups is 1. The number of hydrogen-bond acceptors (Lipinski definition) is 10. The average molecular weight is 578 g/mol. The van der Waals surface area contributed by atoms with Gasteiger partial charge in [0.15, 0.2) is 20.7 Å². The van der Waals surface area contributed by atoms with Crippen molar-refractivity contribution in [2.45, 2.75) is 64.7 Å². The maximum atomic E-state index is 12.6. The Morgan fingerprint density at radius 1 is 1.23 bits per heavy atom. The van der Waals surface area contributed by atoms with Crippen LogP contribution in [0.5, 0.6) is 5.75 Å². The van der Waals surface area contributed by atoms with Crippen molar-refractivity contribution in [3.05, 3.63) is 46.4 Å². The lowest BCUT2D eigenvalue weighted by atomic mass is 9.86. The number of nitrogens with zero attached hydrogens (tertiary/aromatic N) is 3. The summed E-state index contributed by atoms with van der Waals surface area (Å²) < 4.78 is 31.4. The van der Waals surface area contributed by atoms with Crippen molar-refractivity contribution < 1.29 is 13.2 Å². The lowest BCUT2D eigenvalue weighted by molar-refractivity contribution is 0.241. The number of anilines is 3. The molecule has 1 saturated heterocycles. The van der Waals surface area contributed by atoms with Crippen LogP contribution < -0.4 is 20.7 Å². The van der Waals surface area contributed by atoms with Crippen LogP contribution in [0, 0.1) is 12.3 Å². The van der Waals surface area contributed by atoms with Gasteiger partial charge in [0.05, 0.1) is 28.9 Å². The lowest BCUT2D eigenvalue weighted by Crippen LogP contribution is -2.29. The Kier molecular flexibility index (Phi) is 10.2. The van der Waals surface area contributed by atoms with Gasteiger partial charge in [0.2, 0.25) is 5.95 Å².